The SMILES string of the molecule is C=Cc1ccc(C)cc1.c1ccc(Nc2ccccc2)cc1. The second-order valence-electron chi connectivity index (χ2n) is 4.97. The Balaban J connectivity index is 0.000000172. The topological polar surface area (TPSA) is 12.0 Å². The first kappa shape index (κ1) is 15.6. The Bertz CT molecular complexity index is 633. The van der Waals surface area contributed by atoms with Crippen LogP contribution in [0.25, 0.3) is 6.08 Å². The molecule has 0 unspecified atom stereocenters. The van der Waals surface area contributed by atoms with E-state index >= 15 is 0 Å². The molecule has 22 heavy (non-hydrogen) atoms. The van der Waals surface area contributed by atoms with Crippen molar-refractivity contribution in [2.24, 2.45) is 0 Å². The van der Waals surface area contributed by atoms with Crippen LogP contribution in [0.4, 0.5) is 11.4 Å². The van der Waals surface area contributed by atoms with Crippen LogP contribution in [0, 0.1) is 6.92 Å². The molecule has 0 radical (unpaired) electrons. The van der Waals surface area contributed by atoms with Crippen molar-refractivity contribution in [3.8, 4) is 0 Å². The summed E-state index contributed by atoms with van der Waals surface area (Å²) in [6.45, 7) is 5.74. The summed E-state index contributed by atoms with van der Waals surface area (Å²) in [7, 11) is 0. The van der Waals surface area contributed by atoms with Gasteiger partial charge in [-0.3, -0.25) is 0 Å². The molecule has 0 saturated carbocycles. The molecule has 3 aromatic rings. The summed E-state index contributed by atoms with van der Waals surface area (Å²) >= 11 is 0. The molecule has 0 heterocycles. The fraction of sp³-hybridized carbons (Fsp3) is 0.0476. The lowest BCUT2D eigenvalue weighted by molar-refractivity contribution is 1.46. The lowest BCUT2D eigenvalue weighted by Crippen LogP contribution is -1.87. The van der Waals surface area contributed by atoms with Gasteiger partial charge in [-0.25, -0.2) is 0 Å². The molecule has 3 rings (SSSR count). The largest absolute Gasteiger partial charge is 0.356 e. The standard InChI is InChI=1S/C12H11N.C9H10/c1-3-7-11(8-4-1)13-12-9-5-2-6-10-12;1-3-9-6-4-8(2)5-7-9/h1-10,13H;3-7H,1H2,2H3. The molecule has 0 aliphatic rings. The van der Waals surface area contributed by atoms with Crippen molar-refractivity contribution in [2.75, 3.05) is 5.32 Å². The lowest BCUT2D eigenvalue weighted by Gasteiger charge is -2.04. The van der Waals surface area contributed by atoms with E-state index in [2.05, 4.69) is 43.1 Å². The van der Waals surface area contributed by atoms with E-state index in [-0.39, 0.29) is 0 Å². The minimum Gasteiger partial charge on any atom is -0.356 e. The molecule has 1 heteroatoms. The Morgan fingerprint density at radius 3 is 1.55 bits per heavy atom. The van der Waals surface area contributed by atoms with E-state index in [1.54, 1.807) is 0 Å². The van der Waals surface area contributed by atoms with Gasteiger partial charge in [0.05, 0.1) is 0 Å². The monoisotopic (exact) mass is 287 g/mol. The molecule has 0 spiro atoms. The van der Waals surface area contributed by atoms with E-state index in [9.17, 15) is 0 Å². The summed E-state index contributed by atoms with van der Waals surface area (Å²) in [6.07, 6.45) is 1.85. The normalized spacial score (nSPS) is 9.32. The average molecular weight is 287 g/mol. The molecular weight excluding hydrogens is 266 g/mol. The van der Waals surface area contributed by atoms with Crippen LogP contribution in [0.1, 0.15) is 11.1 Å². The molecule has 1 N–H and O–H groups in total. The molecule has 0 aliphatic carbocycles. The minimum atomic E-state index is 1.12. The predicted molar refractivity (Wildman–Crippen MR) is 97.4 cm³/mol. The van der Waals surface area contributed by atoms with Gasteiger partial charge in [-0.2, -0.15) is 0 Å². The first-order chi connectivity index (χ1) is 10.8. The summed E-state index contributed by atoms with van der Waals surface area (Å²) < 4.78 is 0. The highest BCUT2D eigenvalue weighted by molar-refractivity contribution is 5.58. The van der Waals surface area contributed by atoms with E-state index in [1.165, 1.54) is 11.1 Å². The van der Waals surface area contributed by atoms with Crippen molar-refractivity contribution >= 4 is 17.5 Å². The lowest BCUT2D eigenvalue weighted by atomic mass is 10.2. The second kappa shape index (κ2) is 8.48. The predicted octanol–water partition coefficient (Wildman–Crippen LogP) is 6.07. The van der Waals surface area contributed by atoms with E-state index in [0.29, 0.717) is 0 Å². The maximum absolute atomic E-state index is 3.66. The van der Waals surface area contributed by atoms with Gasteiger partial charge in [0.25, 0.3) is 0 Å². The van der Waals surface area contributed by atoms with Crippen molar-refractivity contribution in [2.45, 2.75) is 6.92 Å². The third-order valence-electron chi connectivity index (χ3n) is 3.15. The van der Waals surface area contributed by atoms with Crippen LogP contribution in [-0.2, 0) is 0 Å². The van der Waals surface area contributed by atoms with Gasteiger partial charge in [0.15, 0.2) is 0 Å². The molecule has 110 valence electrons. The molecule has 1 nitrogen and oxygen atoms in total. The maximum Gasteiger partial charge on any atom is 0.0384 e. The van der Waals surface area contributed by atoms with Gasteiger partial charge in [0.1, 0.15) is 0 Å². The number of rotatable bonds is 3. The fourth-order valence-corrected chi connectivity index (χ4v) is 1.91. The Morgan fingerprint density at radius 2 is 1.14 bits per heavy atom. The van der Waals surface area contributed by atoms with Gasteiger partial charge in [-0.15, -0.1) is 0 Å². The van der Waals surface area contributed by atoms with Crippen molar-refractivity contribution < 1.29 is 0 Å². The summed E-state index contributed by atoms with van der Waals surface area (Å²) in [5, 5.41) is 3.30. The zero-order valence-electron chi connectivity index (χ0n) is 12.9. The van der Waals surface area contributed by atoms with E-state index in [1.807, 2.05) is 66.7 Å². The highest BCUT2D eigenvalue weighted by atomic mass is 14.9. The van der Waals surface area contributed by atoms with Crippen molar-refractivity contribution in [3.05, 3.63) is 103 Å². The van der Waals surface area contributed by atoms with E-state index in [0.717, 1.165) is 11.4 Å². The van der Waals surface area contributed by atoms with Crippen LogP contribution >= 0.6 is 0 Å². The third kappa shape index (κ3) is 5.29. The molecule has 0 saturated heterocycles. The number of aryl methyl sites for hydroxylation is 1. The highest BCUT2D eigenvalue weighted by Crippen LogP contribution is 2.14. The zero-order chi connectivity index (χ0) is 15.6. The molecular formula is C21H21N. The molecule has 0 aromatic heterocycles. The molecule has 0 bridgehead atoms. The van der Waals surface area contributed by atoms with Crippen LogP contribution in [-0.4, -0.2) is 0 Å². The van der Waals surface area contributed by atoms with Gasteiger partial charge in [0.2, 0.25) is 0 Å². The smallest absolute Gasteiger partial charge is 0.0384 e. The van der Waals surface area contributed by atoms with Gasteiger partial charge in [0, 0.05) is 11.4 Å². The van der Waals surface area contributed by atoms with Crippen molar-refractivity contribution in [1.82, 2.24) is 0 Å². The van der Waals surface area contributed by atoms with Crippen LogP contribution in [0.3, 0.4) is 0 Å². The van der Waals surface area contributed by atoms with Crippen molar-refractivity contribution in [1.29, 1.82) is 0 Å². The quantitative estimate of drug-likeness (QED) is 0.616. The zero-order valence-corrected chi connectivity index (χ0v) is 12.9. The minimum absolute atomic E-state index is 1.12. The Hall–Kier alpha value is -2.80. The van der Waals surface area contributed by atoms with Crippen LogP contribution in [0.5, 0.6) is 0 Å². The fourth-order valence-electron chi connectivity index (χ4n) is 1.91. The highest BCUT2D eigenvalue weighted by Gasteiger charge is 1.89. The Labute approximate surface area is 133 Å². The molecule has 0 aliphatic heterocycles. The first-order valence-corrected chi connectivity index (χ1v) is 7.34. The number of para-hydroxylation sites is 2. The number of hydrogen-bond acceptors (Lipinski definition) is 1. The van der Waals surface area contributed by atoms with Gasteiger partial charge in [-0.05, 0) is 36.8 Å². The van der Waals surface area contributed by atoms with E-state index < -0.39 is 0 Å². The summed E-state index contributed by atoms with van der Waals surface area (Å²) in [4.78, 5) is 0. The maximum atomic E-state index is 3.66. The van der Waals surface area contributed by atoms with Gasteiger partial charge >= 0.3 is 0 Å². The summed E-state index contributed by atoms with van der Waals surface area (Å²) in [6, 6.07) is 28.6. The Morgan fingerprint density at radius 1 is 0.682 bits per heavy atom. The molecule has 3 aromatic carbocycles. The number of nitrogens with one attached hydrogen (secondary N) is 1. The molecule has 0 fully saturated rings. The van der Waals surface area contributed by atoms with Crippen LogP contribution in [0.15, 0.2) is 91.5 Å². The first-order valence-electron chi connectivity index (χ1n) is 7.34. The summed E-state index contributed by atoms with van der Waals surface area (Å²) in [5.41, 5.74) is 4.71. The number of benzene rings is 3. The summed E-state index contributed by atoms with van der Waals surface area (Å²) in [5.74, 6) is 0. The Kier molecular flexibility index (Phi) is 6.01. The number of anilines is 2. The van der Waals surface area contributed by atoms with Crippen molar-refractivity contribution in [3.63, 3.8) is 0 Å². The number of hydrogen-bond donors (Lipinski definition) is 1. The molecule has 0 atom stereocenters. The van der Waals surface area contributed by atoms with Crippen LogP contribution in [0.2, 0.25) is 0 Å². The molecule has 0 amide bonds. The van der Waals surface area contributed by atoms with Crippen LogP contribution < -0.4 is 5.32 Å². The average Bonchev–Trinajstić information content (AvgIpc) is 2.58. The van der Waals surface area contributed by atoms with Gasteiger partial charge < -0.3 is 5.32 Å². The second-order valence-corrected chi connectivity index (χ2v) is 4.97. The van der Waals surface area contributed by atoms with Gasteiger partial charge in [-0.1, -0.05) is 78.9 Å². The third-order valence-corrected chi connectivity index (χ3v) is 3.15. The van der Waals surface area contributed by atoms with E-state index in [4.69, 9.17) is 0 Å².